The van der Waals surface area contributed by atoms with Crippen molar-refractivity contribution in [2.75, 3.05) is 0 Å². The number of aromatic nitrogens is 3. The summed E-state index contributed by atoms with van der Waals surface area (Å²) in [5.74, 6) is -0.138. The molecule has 0 aliphatic rings. The average Bonchev–Trinajstić information content (AvgIpc) is 3.15. The first kappa shape index (κ1) is 15.0. The molecule has 0 amide bonds. The van der Waals surface area contributed by atoms with Gasteiger partial charge >= 0.3 is 0 Å². The maximum absolute atomic E-state index is 12.0. The van der Waals surface area contributed by atoms with Crippen molar-refractivity contribution in [2.24, 2.45) is 0 Å². The molecule has 0 saturated carbocycles. The van der Waals surface area contributed by atoms with Gasteiger partial charge in [0.1, 0.15) is 12.7 Å². The standard InChI is InChI=1S/C13H9NO3.C2H3N3/c15-13(10-4-2-1-3-5-10)11-6-8-12(9-7-11)14(16)17;1-3-2-5-4-1/h1-9H;1-2H,(H,3,4,5). The third-order valence-electron chi connectivity index (χ3n) is 2.71. The number of carbonyl (C=O) groups excluding carboxylic acids is 1. The van der Waals surface area contributed by atoms with E-state index in [2.05, 4.69) is 15.2 Å². The van der Waals surface area contributed by atoms with E-state index in [1.54, 1.807) is 24.3 Å². The van der Waals surface area contributed by atoms with Crippen LogP contribution in [0.25, 0.3) is 0 Å². The van der Waals surface area contributed by atoms with Gasteiger partial charge in [-0.05, 0) is 12.1 Å². The normalized spacial score (nSPS) is 9.45. The zero-order valence-electron chi connectivity index (χ0n) is 11.4. The maximum atomic E-state index is 12.0. The molecule has 0 unspecified atom stereocenters. The molecule has 0 radical (unpaired) electrons. The summed E-state index contributed by atoms with van der Waals surface area (Å²) < 4.78 is 0. The van der Waals surface area contributed by atoms with E-state index < -0.39 is 4.92 Å². The molecule has 22 heavy (non-hydrogen) atoms. The van der Waals surface area contributed by atoms with E-state index in [9.17, 15) is 14.9 Å². The van der Waals surface area contributed by atoms with Crippen LogP contribution in [0.1, 0.15) is 15.9 Å². The smallest absolute Gasteiger partial charge is 0.269 e. The van der Waals surface area contributed by atoms with Gasteiger partial charge < -0.3 is 0 Å². The van der Waals surface area contributed by atoms with Crippen LogP contribution < -0.4 is 0 Å². The molecule has 7 nitrogen and oxygen atoms in total. The van der Waals surface area contributed by atoms with Gasteiger partial charge in [-0.1, -0.05) is 30.3 Å². The van der Waals surface area contributed by atoms with E-state index in [1.807, 2.05) is 6.07 Å². The fourth-order valence-electron chi connectivity index (χ4n) is 1.66. The van der Waals surface area contributed by atoms with E-state index in [0.29, 0.717) is 11.1 Å². The predicted molar refractivity (Wildman–Crippen MR) is 79.4 cm³/mol. The monoisotopic (exact) mass is 296 g/mol. The lowest BCUT2D eigenvalue weighted by atomic mass is 10.0. The summed E-state index contributed by atoms with van der Waals surface area (Å²) in [6, 6.07) is 14.4. The van der Waals surface area contributed by atoms with Crippen LogP contribution in [0, 0.1) is 10.1 Å². The summed E-state index contributed by atoms with van der Waals surface area (Å²) in [6.07, 6.45) is 2.96. The third kappa shape index (κ3) is 4.07. The van der Waals surface area contributed by atoms with Gasteiger partial charge in [0.25, 0.3) is 5.69 Å². The Morgan fingerprint density at radius 1 is 1.00 bits per heavy atom. The molecule has 0 fully saturated rings. The zero-order valence-corrected chi connectivity index (χ0v) is 11.4. The number of H-pyrrole nitrogens is 1. The molecule has 0 saturated heterocycles. The Kier molecular flexibility index (Phi) is 5.09. The first-order valence-corrected chi connectivity index (χ1v) is 6.31. The number of rotatable bonds is 3. The lowest BCUT2D eigenvalue weighted by Gasteiger charge is -2.00. The highest BCUT2D eigenvalue weighted by molar-refractivity contribution is 6.09. The van der Waals surface area contributed by atoms with Gasteiger partial charge in [-0.3, -0.25) is 20.0 Å². The largest absolute Gasteiger partial charge is 0.289 e. The van der Waals surface area contributed by atoms with Crippen molar-refractivity contribution < 1.29 is 9.72 Å². The number of non-ortho nitro benzene ring substituents is 1. The molecule has 3 aromatic rings. The Hall–Kier alpha value is -3.35. The second kappa shape index (κ2) is 7.44. The van der Waals surface area contributed by atoms with Crippen molar-refractivity contribution in [3.05, 3.63) is 88.5 Å². The molecule has 1 heterocycles. The number of carbonyl (C=O) groups is 1. The molecule has 1 aromatic heterocycles. The van der Waals surface area contributed by atoms with Crippen LogP contribution in [0.5, 0.6) is 0 Å². The fourth-order valence-corrected chi connectivity index (χ4v) is 1.66. The van der Waals surface area contributed by atoms with Gasteiger partial charge in [-0.15, -0.1) is 0 Å². The van der Waals surface area contributed by atoms with Crippen molar-refractivity contribution in [1.29, 1.82) is 0 Å². The van der Waals surface area contributed by atoms with Gasteiger partial charge in [-0.25, -0.2) is 4.98 Å². The van der Waals surface area contributed by atoms with Gasteiger partial charge in [0.2, 0.25) is 0 Å². The van der Waals surface area contributed by atoms with Crippen molar-refractivity contribution >= 4 is 11.5 Å². The van der Waals surface area contributed by atoms with E-state index in [1.165, 1.54) is 36.9 Å². The van der Waals surface area contributed by atoms with Crippen LogP contribution >= 0.6 is 0 Å². The lowest BCUT2D eigenvalue weighted by molar-refractivity contribution is -0.384. The Morgan fingerprint density at radius 3 is 2.09 bits per heavy atom. The molecular formula is C15H12N4O3. The van der Waals surface area contributed by atoms with Gasteiger partial charge in [0, 0.05) is 23.3 Å². The SMILES string of the molecule is O=C(c1ccccc1)c1ccc([N+](=O)[O-])cc1.c1nc[nH]n1. The van der Waals surface area contributed by atoms with Crippen molar-refractivity contribution in [1.82, 2.24) is 15.2 Å². The molecule has 2 aromatic carbocycles. The Labute approximate surface area is 125 Å². The highest BCUT2D eigenvalue weighted by Gasteiger charge is 2.10. The Bertz CT molecular complexity index is 708. The third-order valence-corrected chi connectivity index (χ3v) is 2.71. The van der Waals surface area contributed by atoms with Gasteiger partial charge in [0.05, 0.1) is 4.92 Å². The molecule has 110 valence electrons. The summed E-state index contributed by atoms with van der Waals surface area (Å²) in [5, 5.41) is 16.5. The topological polar surface area (TPSA) is 102 Å². The molecule has 7 heteroatoms. The molecule has 0 spiro atoms. The predicted octanol–water partition coefficient (Wildman–Crippen LogP) is 2.63. The number of nitro benzene ring substituents is 1. The fraction of sp³-hybridized carbons (Fsp3) is 0. The number of ketones is 1. The Morgan fingerprint density at radius 2 is 1.64 bits per heavy atom. The van der Waals surface area contributed by atoms with Crippen LogP contribution in [-0.2, 0) is 0 Å². The minimum Gasteiger partial charge on any atom is -0.289 e. The first-order chi connectivity index (χ1) is 10.7. The number of nitrogens with zero attached hydrogens (tertiary/aromatic N) is 3. The summed E-state index contributed by atoms with van der Waals surface area (Å²) >= 11 is 0. The van der Waals surface area contributed by atoms with Crippen LogP contribution in [0.4, 0.5) is 5.69 Å². The maximum Gasteiger partial charge on any atom is 0.269 e. The summed E-state index contributed by atoms with van der Waals surface area (Å²) in [6.45, 7) is 0. The molecule has 0 aliphatic carbocycles. The number of nitro groups is 1. The van der Waals surface area contributed by atoms with E-state index >= 15 is 0 Å². The minimum atomic E-state index is -0.489. The molecule has 0 atom stereocenters. The summed E-state index contributed by atoms with van der Waals surface area (Å²) in [4.78, 5) is 25.5. The zero-order chi connectivity index (χ0) is 15.8. The highest BCUT2D eigenvalue weighted by Crippen LogP contribution is 2.15. The quantitative estimate of drug-likeness (QED) is 0.454. The summed E-state index contributed by atoms with van der Waals surface area (Å²) in [7, 11) is 0. The van der Waals surface area contributed by atoms with Crippen molar-refractivity contribution in [3.63, 3.8) is 0 Å². The first-order valence-electron chi connectivity index (χ1n) is 6.31. The van der Waals surface area contributed by atoms with E-state index in [4.69, 9.17) is 0 Å². The molecule has 1 N–H and O–H groups in total. The number of nitrogens with one attached hydrogen (secondary N) is 1. The molecule has 0 bridgehead atoms. The average molecular weight is 296 g/mol. The molecule has 0 aliphatic heterocycles. The van der Waals surface area contributed by atoms with Crippen LogP contribution in [-0.4, -0.2) is 25.9 Å². The number of aromatic amines is 1. The van der Waals surface area contributed by atoms with Gasteiger partial charge in [-0.2, -0.15) is 5.10 Å². The van der Waals surface area contributed by atoms with E-state index in [0.717, 1.165) is 0 Å². The highest BCUT2D eigenvalue weighted by atomic mass is 16.6. The lowest BCUT2D eigenvalue weighted by Crippen LogP contribution is -2.00. The van der Waals surface area contributed by atoms with Crippen LogP contribution in [0.3, 0.4) is 0 Å². The summed E-state index contributed by atoms with van der Waals surface area (Å²) in [5.41, 5.74) is 0.998. The van der Waals surface area contributed by atoms with Crippen LogP contribution in [0.2, 0.25) is 0 Å². The Balaban J connectivity index is 0.000000299. The van der Waals surface area contributed by atoms with Crippen LogP contribution in [0.15, 0.2) is 67.3 Å². The van der Waals surface area contributed by atoms with E-state index in [-0.39, 0.29) is 11.5 Å². The van der Waals surface area contributed by atoms with Gasteiger partial charge in [0.15, 0.2) is 5.78 Å². The van der Waals surface area contributed by atoms with Crippen molar-refractivity contribution in [3.8, 4) is 0 Å². The second-order valence-corrected chi connectivity index (χ2v) is 4.15. The number of hydrogen-bond acceptors (Lipinski definition) is 5. The second-order valence-electron chi connectivity index (χ2n) is 4.15. The number of benzene rings is 2. The molecular weight excluding hydrogens is 284 g/mol. The molecule has 3 rings (SSSR count). The van der Waals surface area contributed by atoms with Crippen molar-refractivity contribution in [2.45, 2.75) is 0 Å². The number of hydrogen-bond donors (Lipinski definition) is 1. The minimum absolute atomic E-state index is 0.0189.